The van der Waals surface area contributed by atoms with Gasteiger partial charge >= 0.3 is 11.9 Å². The van der Waals surface area contributed by atoms with Gasteiger partial charge in [-0.25, -0.2) is 0 Å². The Morgan fingerprint density at radius 1 is 1.00 bits per heavy atom. The number of ether oxygens (including phenoxy) is 2. The Balaban J connectivity index is 1.92. The number of allylic oxidation sites excluding steroid dienone is 2. The third kappa shape index (κ3) is 4.58. The molecule has 0 N–H and O–H groups in total. The summed E-state index contributed by atoms with van der Waals surface area (Å²) in [5, 5.41) is 0. The van der Waals surface area contributed by atoms with Crippen LogP contribution >= 0.6 is 0 Å². The molecule has 0 aromatic heterocycles. The number of carbonyl (C=O) groups is 2. The van der Waals surface area contributed by atoms with Gasteiger partial charge in [0, 0.05) is 0 Å². The first-order valence-corrected chi connectivity index (χ1v) is 8.24. The van der Waals surface area contributed by atoms with E-state index < -0.39 is 0 Å². The summed E-state index contributed by atoms with van der Waals surface area (Å²) in [5.74, 6) is -1.23. The van der Waals surface area contributed by atoms with Gasteiger partial charge in [0.05, 0.1) is 18.4 Å². The van der Waals surface area contributed by atoms with Crippen molar-refractivity contribution in [3.05, 3.63) is 12.2 Å². The van der Waals surface area contributed by atoms with Crippen LogP contribution < -0.4 is 0 Å². The Bertz CT molecular complexity index is 382. The summed E-state index contributed by atoms with van der Waals surface area (Å²) in [6.07, 6.45) is 11.3. The first-order chi connectivity index (χ1) is 10.2. The molecule has 0 aromatic carbocycles. The Labute approximate surface area is 126 Å². The maximum atomic E-state index is 12.4. The van der Waals surface area contributed by atoms with Crippen LogP contribution in [0.15, 0.2) is 12.2 Å². The maximum absolute atomic E-state index is 12.4. The van der Waals surface area contributed by atoms with Crippen LogP contribution in [0.25, 0.3) is 0 Å². The summed E-state index contributed by atoms with van der Waals surface area (Å²) in [6, 6.07) is 0. The van der Waals surface area contributed by atoms with Crippen molar-refractivity contribution in [1.82, 2.24) is 0 Å². The van der Waals surface area contributed by atoms with Crippen LogP contribution in [-0.4, -0.2) is 24.6 Å². The third-order valence-corrected chi connectivity index (χ3v) is 4.32. The Morgan fingerprint density at radius 2 is 1.62 bits per heavy atom. The normalized spacial score (nSPS) is 26.3. The lowest BCUT2D eigenvalue weighted by Crippen LogP contribution is -2.35. The van der Waals surface area contributed by atoms with Gasteiger partial charge in [-0.3, -0.25) is 9.59 Å². The molecule has 0 saturated heterocycles. The molecule has 21 heavy (non-hydrogen) atoms. The molecule has 0 spiro atoms. The van der Waals surface area contributed by atoms with Crippen molar-refractivity contribution in [2.45, 2.75) is 64.4 Å². The molecule has 1 fully saturated rings. The molecular formula is C17H26O4. The molecule has 2 unspecified atom stereocenters. The molecule has 2 rings (SSSR count). The monoisotopic (exact) mass is 294 g/mol. The van der Waals surface area contributed by atoms with Gasteiger partial charge in [0.15, 0.2) is 0 Å². The molecule has 0 heterocycles. The highest BCUT2D eigenvalue weighted by Crippen LogP contribution is 2.30. The van der Waals surface area contributed by atoms with E-state index in [1.54, 1.807) is 0 Å². The van der Waals surface area contributed by atoms with Crippen LogP contribution in [-0.2, 0) is 19.1 Å². The predicted octanol–water partition coefficient (Wildman–Crippen LogP) is 3.40. The van der Waals surface area contributed by atoms with Crippen molar-refractivity contribution in [1.29, 1.82) is 0 Å². The number of rotatable bonds is 5. The highest BCUT2D eigenvalue weighted by Gasteiger charge is 2.37. The van der Waals surface area contributed by atoms with Crippen LogP contribution in [0.4, 0.5) is 0 Å². The van der Waals surface area contributed by atoms with Crippen molar-refractivity contribution in [2.75, 3.05) is 6.61 Å². The van der Waals surface area contributed by atoms with E-state index in [1.807, 2.05) is 19.1 Å². The lowest BCUT2D eigenvalue weighted by atomic mass is 9.83. The molecule has 2 aliphatic carbocycles. The molecule has 4 nitrogen and oxygen atoms in total. The second-order valence-electron chi connectivity index (χ2n) is 6.02. The first-order valence-electron chi connectivity index (χ1n) is 8.24. The van der Waals surface area contributed by atoms with E-state index in [2.05, 4.69) is 0 Å². The molecule has 0 radical (unpaired) electrons. The molecular weight excluding hydrogens is 268 g/mol. The summed E-state index contributed by atoms with van der Waals surface area (Å²) in [5.41, 5.74) is 0. The average Bonchev–Trinajstić information content (AvgIpc) is 2.53. The second-order valence-corrected chi connectivity index (χ2v) is 6.02. The van der Waals surface area contributed by atoms with E-state index in [-0.39, 0.29) is 29.9 Å². The zero-order valence-electron chi connectivity index (χ0n) is 12.9. The number of hydrogen-bond donors (Lipinski definition) is 0. The average molecular weight is 294 g/mol. The Hall–Kier alpha value is -1.32. The van der Waals surface area contributed by atoms with Crippen molar-refractivity contribution in [3.63, 3.8) is 0 Å². The summed E-state index contributed by atoms with van der Waals surface area (Å²) in [6.45, 7) is 2.38. The van der Waals surface area contributed by atoms with E-state index in [1.165, 1.54) is 6.42 Å². The zero-order valence-corrected chi connectivity index (χ0v) is 12.9. The predicted molar refractivity (Wildman–Crippen MR) is 79.6 cm³/mol. The minimum absolute atomic E-state index is 0.0458. The summed E-state index contributed by atoms with van der Waals surface area (Å²) in [7, 11) is 0. The molecule has 2 aliphatic rings. The van der Waals surface area contributed by atoms with Gasteiger partial charge < -0.3 is 9.47 Å². The van der Waals surface area contributed by atoms with Gasteiger partial charge in [-0.2, -0.15) is 0 Å². The molecule has 2 atom stereocenters. The van der Waals surface area contributed by atoms with Crippen LogP contribution in [0.5, 0.6) is 0 Å². The highest BCUT2D eigenvalue weighted by molar-refractivity contribution is 5.82. The van der Waals surface area contributed by atoms with Gasteiger partial charge in [0.25, 0.3) is 0 Å². The minimum Gasteiger partial charge on any atom is -0.465 e. The molecule has 118 valence electrons. The number of hydrogen-bond acceptors (Lipinski definition) is 4. The van der Waals surface area contributed by atoms with Crippen LogP contribution in [0.3, 0.4) is 0 Å². The van der Waals surface area contributed by atoms with Gasteiger partial charge in [-0.05, 0) is 44.9 Å². The van der Waals surface area contributed by atoms with E-state index in [0.29, 0.717) is 19.4 Å². The van der Waals surface area contributed by atoms with Gasteiger partial charge in [0.2, 0.25) is 0 Å². The summed E-state index contributed by atoms with van der Waals surface area (Å²) in [4.78, 5) is 24.5. The maximum Gasteiger partial charge on any atom is 0.310 e. The van der Waals surface area contributed by atoms with E-state index in [4.69, 9.17) is 9.47 Å². The van der Waals surface area contributed by atoms with E-state index in [9.17, 15) is 9.59 Å². The van der Waals surface area contributed by atoms with Crippen molar-refractivity contribution in [3.8, 4) is 0 Å². The summed E-state index contributed by atoms with van der Waals surface area (Å²) >= 11 is 0. The second kappa shape index (κ2) is 8.20. The summed E-state index contributed by atoms with van der Waals surface area (Å²) < 4.78 is 10.9. The molecule has 0 amide bonds. The molecule has 1 saturated carbocycles. The fourth-order valence-electron chi connectivity index (χ4n) is 3.08. The van der Waals surface area contributed by atoms with Gasteiger partial charge in [0.1, 0.15) is 6.10 Å². The van der Waals surface area contributed by atoms with Crippen molar-refractivity contribution >= 4 is 11.9 Å². The SMILES string of the molecule is CCCOC(=O)C1CC=CCC1C(=O)OC1CCCCC1. The lowest BCUT2D eigenvalue weighted by molar-refractivity contribution is -0.165. The van der Waals surface area contributed by atoms with Crippen LogP contribution in [0, 0.1) is 11.8 Å². The molecule has 4 heteroatoms. The zero-order chi connectivity index (χ0) is 15.1. The minimum atomic E-state index is -0.377. The van der Waals surface area contributed by atoms with E-state index in [0.717, 1.165) is 32.1 Å². The highest BCUT2D eigenvalue weighted by atomic mass is 16.5. The first kappa shape index (κ1) is 16.1. The van der Waals surface area contributed by atoms with Crippen molar-refractivity contribution < 1.29 is 19.1 Å². The third-order valence-electron chi connectivity index (χ3n) is 4.32. The van der Waals surface area contributed by atoms with E-state index >= 15 is 0 Å². The number of carbonyl (C=O) groups excluding carboxylic acids is 2. The topological polar surface area (TPSA) is 52.6 Å². The lowest BCUT2D eigenvalue weighted by Gasteiger charge is -2.28. The quantitative estimate of drug-likeness (QED) is 0.576. The van der Waals surface area contributed by atoms with Crippen molar-refractivity contribution in [2.24, 2.45) is 11.8 Å². The smallest absolute Gasteiger partial charge is 0.310 e. The van der Waals surface area contributed by atoms with Crippen LogP contribution in [0.2, 0.25) is 0 Å². The van der Waals surface area contributed by atoms with Gasteiger partial charge in [-0.1, -0.05) is 25.5 Å². The standard InChI is InChI=1S/C17H26O4/c1-2-12-20-16(18)14-10-6-7-11-15(14)17(19)21-13-8-4-3-5-9-13/h6-7,13-15H,2-5,8-12H2,1H3. The molecule has 0 aromatic rings. The molecule has 0 aliphatic heterocycles. The fraction of sp³-hybridized carbons (Fsp3) is 0.765. The largest absolute Gasteiger partial charge is 0.465 e. The molecule has 0 bridgehead atoms. The van der Waals surface area contributed by atoms with Crippen LogP contribution in [0.1, 0.15) is 58.3 Å². The fourth-order valence-corrected chi connectivity index (χ4v) is 3.08. The number of esters is 2. The Morgan fingerprint density at radius 3 is 2.24 bits per heavy atom. The Kier molecular flexibility index (Phi) is 6.27. The van der Waals surface area contributed by atoms with Gasteiger partial charge in [-0.15, -0.1) is 0 Å².